The number of rotatable bonds is 4. The largest absolute Gasteiger partial charge is 0.399 e. The number of carbonyl (C=O) groups excluding carboxylic acids is 1. The fourth-order valence-electron chi connectivity index (χ4n) is 1.33. The van der Waals surface area contributed by atoms with Crippen molar-refractivity contribution in [2.45, 2.75) is 19.3 Å². The van der Waals surface area contributed by atoms with Crippen molar-refractivity contribution in [1.29, 1.82) is 0 Å². The van der Waals surface area contributed by atoms with Gasteiger partial charge in [0.05, 0.1) is 0 Å². The van der Waals surface area contributed by atoms with Crippen LogP contribution in [0.1, 0.15) is 18.4 Å². The Hall–Kier alpha value is -1.58. The van der Waals surface area contributed by atoms with E-state index in [1.54, 1.807) is 19.2 Å². The molecule has 4 heteroatoms. The zero-order valence-electron chi connectivity index (χ0n) is 8.72. The lowest BCUT2D eigenvalue weighted by atomic mass is 10.1. The monoisotopic (exact) mass is 210 g/mol. The molecule has 1 amide bonds. The second-order valence-corrected chi connectivity index (χ2v) is 3.38. The number of nitrogen functional groups attached to an aromatic ring is 1. The van der Waals surface area contributed by atoms with Gasteiger partial charge in [-0.25, -0.2) is 4.39 Å². The fourth-order valence-corrected chi connectivity index (χ4v) is 1.33. The van der Waals surface area contributed by atoms with E-state index in [2.05, 4.69) is 5.32 Å². The first kappa shape index (κ1) is 11.5. The molecule has 82 valence electrons. The molecule has 3 nitrogen and oxygen atoms in total. The zero-order valence-corrected chi connectivity index (χ0v) is 8.72. The summed E-state index contributed by atoms with van der Waals surface area (Å²) in [6, 6.07) is 4.63. The van der Waals surface area contributed by atoms with E-state index in [4.69, 9.17) is 5.73 Å². The van der Waals surface area contributed by atoms with Crippen molar-refractivity contribution in [2.24, 2.45) is 0 Å². The lowest BCUT2D eigenvalue weighted by Crippen LogP contribution is -2.17. The molecule has 0 saturated carbocycles. The molecule has 0 heterocycles. The molecule has 3 N–H and O–H groups in total. The molecular weight excluding hydrogens is 195 g/mol. The fraction of sp³-hybridized carbons (Fsp3) is 0.364. The van der Waals surface area contributed by atoms with Crippen LogP contribution in [0.4, 0.5) is 10.1 Å². The highest BCUT2D eigenvalue weighted by Crippen LogP contribution is 2.14. The second-order valence-electron chi connectivity index (χ2n) is 3.38. The molecule has 1 rings (SSSR count). The molecule has 0 unspecified atom stereocenters. The molecule has 0 aliphatic heterocycles. The van der Waals surface area contributed by atoms with E-state index < -0.39 is 0 Å². The van der Waals surface area contributed by atoms with E-state index in [-0.39, 0.29) is 11.7 Å². The maximum Gasteiger partial charge on any atom is 0.219 e. The first-order valence-electron chi connectivity index (χ1n) is 4.88. The van der Waals surface area contributed by atoms with Crippen molar-refractivity contribution in [1.82, 2.24) is 5.32 Å². The molecule has 0 aliphatic carbocycles. The van der Waals surface area contributed by atoms with Crippen molar-refractivity contribution in [3.63, 3.8) is 0 Å². The minimum Gasteiger partial charge on any atom is -0.399 e. The van der Waals surface area contributed by atoms with Crippen LogP contribution in [-0.2, 0) is 11.2 Å². The summed E-state index contributed by atoms with van der Waals surface area (Å²) in [5, 5.41) is 2.52. The van der Waals surface area contributed by atoms with E-state index in [1.807, 2.05) is 0 Å². The average molecular weight is 210 g/mol. The van der Waals surface area contributed by atoms with Gasteiger partial charge in [-0.3, -0.25) is 4.79 Å². The molecule has 0 spiro atoms. The minimum absolute atomic E-state index is 0.0224. The summed E-state index contributed by atoms with van der Waals surface area (Å²) in [7, 11) is 1.59. The van der Waals surface area contributed by atoms with Crippen LogP contribution in [0, 0.1) is 5.82 Å². The van der Waals surface area contributed by atoms with Gasteiger partial charge in [-0.1, -0.05) is 6.07 Å². The average Bonchev–Trinajstić information content (AvgIpc) is 2.21. The maximum absolute atomic E-state index is 13.3. The van der Waals surface area contributed by atoms with E-state index in [1.165, 1.54) is 6.07 Å². The van der Waals surface area contributed by atoms with Gasteiger partial charge in [0.1, 0.15) is 5.82 Å². The Morgan fingerprint density at radius 2 is 2.27 bits per heavy atom. The van der Waals surface area contributed by atoms with Crippen molar-refractivity contribution >= 4 is 11.6 Å². The highest BCUT2D eigenvalue weighted by Gasteiger charge is 2.03. The van der Waals surface area contributed by atoms with Crippen molar-refractivity contribution in [3.05, 3.63) is 29.6 Å². The SMILES string of the molecule is CNC(=O)CCCc1ccc(N)cc1F. The topological polar surface area (TPSA) is 55.1 Å². The molecule has 0 fully saturated rings. The number of hydrogen-bond donors (Lipinski definition) is 2. The third kappa shape index (κ3) is 3.58. The molecule has 0 atom stereocenters. The van der Waals surface area contributed by atoms with Crippen LogP contribution in [0.2, 0.25) is 0 Å². The Kier molecular flexibility index (Phi) is 4.09. The van der Waals surface area contributed by atoms with Crippen LogP contribution in [-0.4, -0.2) is 13.0 Å². The quantitative estimate of drug-likeness (QED) is 0.739. The van der Waals surface area contributed by atoms with Crippen LogP contribution in [0.25, 0.3) is 0 Å². The molecule has 15 heavy (non-hydrogen) atoms. The number of aryl methyl sites for hydroxylation is 1. The van der Waals surface area contributed by atoms with Gasteiger partial charge >= 0.3 is 0 Å². The summed E-state index contributed by atoms with van der Waals surface area (Å²) in [6.07, 6.45) is 1.61. The molecule has 0 aliphatic rings. The maximum atomic E-state index is 13.3. The van der Waals surface area contributed by atoms with Gasteiger partial charge in [-0.2, -0.15) is 0 Å². The molecule has 0 aromatic heterocycles. The highest BCUT2D eigenvalue weighted by atomic mass is 19.1. The van der Waals surface area contributed by atoms with Gasteiger partial charge in [0, 0.05) is 19.2 Å². The third-order valence-electron chi connectivity index (χ3n) is 2.21. The summed E-state index contributed by atoms with van der Waals surface area (Å²) in [6.45, 7) is 0. The van der Waals surface area contributed by atoms with Gasteiger partial charge in [0.25, 0.3) is 0 Å². The Labute approximate surface area is 88.5 Å². The highest BCUT2D eigenvalue weighted by molar-refractivity contribution is 5.75. The van der Waals surface area contributed by atoms with Gasteiger partial charge in [-0.15, -0.1) is 0 Å². The summed E-state index contributed by atoms with van der Waals surface area (Å²) < 4.78 is 13.3. The van der Waals surface area contributed by atoms with Crippen LogP contribution < -0.4 is 11.1 Å². The summed E-state index contributed by atoms with van der Waals surface area (Å²) in [4.78, 5) is 10.9. The summed E-state index contributed by atoms with van der Waals surface area (Å²) >= 11 is 0. The van der Waals surface area contributed by atoms with Crippen molar-refractivity contribution in [3.8, 4) is 0 Å². The van der Waals surface area contributed by atoms with Gasteiger partial charge in [-0.05, 0) is 30.5 Å². The second kappa shape index (κ2) is 5.34. The zero-order chi connectivity index (χ0) is 11.3. The Bertz CT molecular complexity index is 352. The first-order valence-corrected chi connectivity index (χ1v) is 4.88. The van der Waals surface area contributed by atoms with Gasteiger partial charge in [0.15, 0.2) is 0 Å². The summed E-state index contributed by atoms with van der Waals surface area (Å²) in [5.41, 5.74) is 6.45. The van der Waals surface area contributed by atoms with Gasteiger partial charge in [0.2, 0.25) is 5.91 Å². The number of nitrogens with one attached hydrogen (secondary N) is 1. The number of anilines is 1. The molecule has 0 radical (unpaired) electrons. The number of benzene rings is 1. The predicted molar refractivity (Wildman–Crippen MR) is 57.8 cm³/mol. The Morgan fingerprint density at radius 3 is 2.87 bits per heavy atom. The van der Waals surface area contributed by atoms with Crippen molar-refractivity contribution in [2.75, 3.05) is 12.8 Å². The van der Waals surface area contributed by atoms with Crippen LogP contribution in [0.3, 0.4) is 0 Å². The first-order chi connectivity index (χ1) is 7.13. The standard InChI is InChI=1S/C11H15FN2O/c1-14-11(15)4-2-3-8-5-6-9(13)7-10(8)12/h5-7H,2-4,13H2,1H3,(H,14,15). The van der Waals surface area contributed by atoms with E-state index in [9.17, 15) is 9.18 Å². The number of halogens is 1. The van der Waals surface area contributed by atoms with Crippen LogP contribution in [0.5, 0.6) is 0 Å². The molecule has 1 aromatic carbocycles. The molecule has 0 bridgehead atoms. The van der Waals surface area contributed by atoms with Crippen molar-refractivity contribution < 1.29 is 9.18 Å². The normalized spacial score (nSPS) is 10.0. The van der Waals surface area contributed by atoms with Gasteiger partial charge < -0.3 is 11.1 Å². The number of amides is 1. The lowest BCUT2D eigenvalue weighted by Gasteiger charge is -2.03. The predicted octanol–water partition coefficient (Wildman–Crippen LogP) is 1.48. The van der Waals surface area contributed by atoms with E-state index >= 15 is 0 Å². The smallest absolute Gasteiger partial charge is 0.219 e. The number of carbonyl (C=O) groups is 1. The molecule has 0 saturated heterocycles. The van der Waals surface area contributed by atoms with E-state index in [0.717, 1.165) is 0 Å². The Balaban J connectivity index is 2.47. The number of nitrogens with two attached hydrogens (primary N) is 1. The molecule has 1 aromatic rings. The lowest BCUT2D eigenvalue weighted by molar-refractivity contribution is -0.120. The number of hydrogen-bond acceptors (Lipinski definition) is 2. The van der Waals surface area contributed by atoms with E-state index in [0.29, 0.717) is 30.5 Å². The van der Waals surface area contributed by atoms with Crippen LogP contribution in [0.15, 0.2) is 18.2 Å². The Morgan fingerprint density at radius 1 is 1.53 bits per heavy atom. The third-order valence-corrected chi connectivity index (χ3v) is 2.21. The minimum atomic E-state index is -0.299. The summed E-state index contributed by atoms with van der Waals surface area (Å²) in [5.74, 6) is -0.322. The van der Waals surface area contributed by atoms with Crippen LogP contribution >= 0.6 is 0 Å². The molecular formula is C11H15FN2O.